The summed E-state index contributed by atoms with van der Waals surface area (Å²) in [4.78, 5) is 11.8. The van der Waals surface area contributed by atoms with Crippen LogP contribution in [0.4, 0.5) is 18.9 Å². The normalized spacial score (nSPS) is 19.6. The molecule has 1 fully saturated rings. The number of anilines is 1. The molecule has 2 rings (SSSR count). The van der Waals surface area contributed by atoms with Crippen LogP contribution in [0.2, 0.25) is 0 Å². The van der Waals surface area contributed by atoms with E-state index in [4.69, 9.17) is 0 Å². The maximum Gasteiger partial charge on any atom is 0.228 e. The number of rotatable bonds is 2. The van der Waals surface area contributed by atoms with Gasteiger partial charge in [-0.25, -0.2) is 13.2 Å². The molecule has 0 bridgehead atoms. The maximum atomic E-state index is 13.3. The first-order chi connectivity index (χ1) is 8.58. The van der Waals surface area contributed by atoms with Crippen LogP contribution in [0.25, 0.3) is 0 Å². The van der Waals surface area contributed by atoms with E-state index in [0.717, 1.165) is 13.0 Å². The molecule has 1 amide bonds. The molecule has 1 aliphatic rings. The molecule has 1 aromatic carbocycles. The van der Waals surface area contributed by atoms with Gasteiger partial charge >= 0.3 is 0 Å². The van der Waals surface area contributed by atoms with Gasteiger partial charge in [0.25, 0.3) is 0 Å². The summed E-state index contributed by atoms with van der Waals surface area (Å²) in [5, 5.41) is 5.21. The van der Waals surface area contributed by atoms with Crippen molar-refractivity contribution in [1.82, 2.24) is 5.32 Å². The zero-order chi connectivity index (χ0) is 13.1. The minimum Gasteiger partial charge on any atom is -0.321 e. The first-order valence-corrected chi connectivity index (χ1v) is 5.74. The van der Waals surface area contributed by atoms with Crippen molar-refractivity contribution in [2.45, 2.75) is 12.8 Å². The third-order valence-corrected chi connectivity index (χ3v) is 2.92. The Morgan fingerprint density at radius 3 is 2.50 bits per heavy atom. The summed E-state index contributed by atoms with van der Waals surface area (Å²) in [5.74, 6) is -3.99. The van der Waals surface area contributed by atoms with Crippen molar-refractivity contribution in [1.29, 1.82) is 0 Å². The molecular weight excluding hydrogens is 245 g/mol. The highest BCUT2D eigenvalue weighted by molar-refractivity contribution is 5.93. The second-order valence-corrected chi connectivity index (χ2v) is 4.28. The van der Waals surface area contributed by atoms with E-state index in [2.05, 4.69) is 10.6 Å². The first kappa shape index (κ1) is 12.9. The zero-order valence-electron chi connectivity index (χ0n) is 9.60. The van der Waals surface area contributed by atoms with Crippen molar-refractivity contribution in [3.63, 3.8) is 0 Å². The topological polar surface area (TPSA) is 41.1 Å². The second-order valence-electron chi connectivity index (χ2n) is 4.28. The third kappa shape index (κ3) is 2.81. The number of piperidine rings is 1. The number of amides is 1. The lowest BCUT2D eigenvalue weighted by Crippen LogP contribution is -2.37. The van der Waals surface area contributed by atoms with Crippen LogP contribution in [0, 0.1) is 23.4 Å². The molecule has 0 saturated carbocycles. The lowest BCUT2D eigenvalue weighted by Gasteiger charge is -2.22. The summed E-state index contributed by atoms with van der Waals surface area (Å²) >= 11 is 0. The van der Waals surface area contributed by atoms with E-state index >= 15 is 0 Å². The van der Waals surface area contributed by atoms with Gasteiger partial charge in [-0.2, -0.15) is 0 Å². The summed E-state index contributed by atoms with van der Waals surface area (Å²) in [6.45, 7) is 1.32. The Balaban J connectivity index is 2.11. The molecule has 1 aliphatic heterocycles. The van der Waals surface area contributed by atoms with E-state index in [9.17, 15) is 18.0 Å². The molecule has 0 spiro atoms. The monoisotopic (exact) mass is 258 g/mol. The first-order valence-electron chi connectivity index (χ1n) is 5.74. The van der Waals surface area contributed by atoms with Crippen LogP contribution in [-0.4, -0.2) is 19.0 Å². The summed E-state index contributed by atoms with van der Waals surface area (Å²) in [7, 11) is 0. The fourth-order valence-corrected chi connectivity index (χ4v) is 1.96. The van der Waals surface area contributed by atoms with Crippen molar-refractivity contribution in [3.8, 4) is 0 Å². The van der Waals surface area contributed by atoms with Crippen LogP contribution in [-0.2, 0) is 4.79 Å². The van der Waals surface area contributed by atoms with Crippen LogP contribution in [0.5, 0.6) is 0 Å². The SMILES string of the molecule is O=C(Nc1c(F)cc(F)cc1F)[C@H]1CCCNC1. The van der Waals surface area contributed by atoms with E-state index in [1.54, 1.807) is 0 Å². The summed E-state index contributed by atoms with van der Waals surface area (Å²) < 4.78 is 39.4. The Morgan fingerprint density at radius 2 is 1.94 bits per heavy atom. The number of hydrogen-bond acceptors (Lipinski definition) is 2. The molecule has 0 aromatic heterocycles. The minimum atomic E-state index is -1.11. The van der Waals surface area contributed by atoms with E-state index in [1.165, 1.54) is 0 Å². The maximum absolute atomic E-state index is 13.3. The molecular formula is C12H13F3N2O. The van der Waals surface area contributed by atoms with Crippen LogP contribution >= 0.6 is 0 Å². The molecule has 18 heavy (non-hydrogen) atoms. The second kappa shape index (κ2) is 5.39. The Hall–Kier alpha value is -1.56. The summed E-state index contributed by atoms with van der Waals surface area (Å²) in [6.07, 6.45) is 1.51. The molecule has 0 aliphatic carbocycles. The van der Waals surface area contributed by atoms with E-state index in [-0.39, 0.29) is 5.92 Å². The fraction of sp³-hybridized carbons (Fsp3) is 0.417. The number of carbonyl (C=O) groups is 1. The molecule has 1 heterocycles. The van der Waals surface area contributed by atoms with Crippen molar-refractivity contribution in [2.75, 3.05) is 18.4 Å². The van der Waals surface area contributed by atoms with Gasteiger partial charge in [0.05, 0.1) is 5.92 Å². The molecule has 98 valence electrons. The standard InChI is InChI=1S/C12H13F3N2O/c13-8-4-9(14)11(10(15)5-8)17-12(18)7-2-1-3-16-6-7/h4-5,7,16H,1-3,6H2,(H,17,18)/t7-/m0/s1. The van der Waals surface area contributed by atoms with E-state index < -0.39 is 29.0 Å². The Bertz CT molecular complexity index is 436. The van der Waals surface area contributed by atoms with Crippen LogP contribution in [0.15, 0.2) is 12.1 Å². The lowest BCUT2D eigenvalue weighted by molar-refractivity contribution is -0.120. The molecule has 1 aromatic rings. The van der Waals surface area contributed by atoms with Gasteiger partial charge in [0, 0.05) is 18.7 Å². The molecule has 2 N–H and O–H groups in total. The van der Waals surface area contributed by atoms with E-state index in [1.807, 2.05) is 0 Å². The molecule has 6 heteroatoms. The highest BCUT2D eigenvalue weighted by atomic mass is 19.1. The average Bonchev–Trinajstić information content (AvgIpc) is 2.34. The Labute approximate surface area is 102 Å². The predicted molar refractivity (Wildman–Crippen MR) is 60.5 cm³/mol. The fourth-order valence-electron chi connectivity index (χ4n) is 1.96. The molecule has 3 nitrogen and oxygen atoms in total. The lowest BCUT2D eigenvalue weighted by atomic mass is 9.99. The van der Waals surface area contributed by atoms with Gasteiger partial charge in [0.15, 0.2) is 11.6 Å². The van der Waals surface area contributed by atoms with Gasteiger partial charge in [-0.15, -0.1) is 0 Å². The smallest absolute Gasteiger partial charge is 0.228 e. The summed E-state index contributed by atoms with van der Waals surface area (Å²) in [5.41, 5.74) is -0.591. The van der Waals surface area contributed by atoms with Gasteiger partial charge < -0.3 is 10.6 Å². The van der Waals surface area contributed by atoms with Crippen molar-refractivity contribution in [3.05, 3.63) is 29.6 Å². The minimum absolute atomic E-state index is 0.317. The van der Waals surface area contributed by atoms with Crippen molar-refractivity contribution < 1.29 is 18.0 Å². The van der Waals surface area contributed by atoms with Crippen LogP contribution in [0.3, 0.4) is 0 Å². The molecule has 1 saturated heterocycles. The van der Waals surface area contributed by atoms with Gasteiger partial charge in [-0.3, -0.25) is 4.79 Å². The van der Waals surface area contributed by atoms with Gasteiger partial charge in [-0.1, -0.05) is 0 Å². The predicted octanol–water partition coefficient (Wildman–Crippen LogP) is 2.04. The summed E-state index contributed by atoms with van der Waals surface area (Å²) in [6, 6.07) is 1.08. The van der Waals surface area contributed by atoms with Crippen molar-refractivity contribution in [2.24, 2.45) is 5.92 Å². The van der Waals surface area contributed by atoms with Crippen LogP contribution < -0.4 is 10.6 Å². The highest BCUT2D eigenvalue weighted by Crippen LogP contribution is 2.21. The Morgan fingerprint density at radius 1 is 1.28 bits per heavy atom. The quantitative estimate of drug-likeness (QED) is 0.852. The molecule has 0 radical (unpaired) electrons. The van der Waals surface area contributed by atoms with Gasteiger partial charge in [-0.05, 0) is 19.4 Å². The van der Waals surface area contributed by atoms with Gasteiger partial charge in [0.2, 0.25) is 5.91 Å². The number of carbonyl (C=O) groups excluding carboxylic acids is 1. The molecule has 1 atom stereocenters. The largest absolute Gasteiger partial charge is 0.321 e. The molecule has 0 unspecified atom stereocenters. The van der Waals surface area contributed by atoms with Gasteiger partial charge in [0.1, 0.15) is 11.5 Å². The van der Waals surface area contributed by atoms with Crippen molar-refractivity contribution >= 4 is 11.6 Å². The average molecular weight is 258 g/mol. The Kier molecular flexibility index (Phi) is 3.86. The number of hydrogen-bond donors (Lipinski definition) is 2. The van der Waals surface area contributed by atoms with E-state index in [0.29, 0.717) is 25.1 Å². The van der Waals surface area contributed by atoms with Crippen LogP contribution in [0.1, 0.15) is 12.8 Å². The number of benzene rings is 1. The zero-order valence-corrected chi connectivity index (χ0v) is 9.60. The highest BCUT2D eigenvalue weighted by Gasteiger charge is 2.23. The number of halogens is 3. The third-order valence-electron chi connectivity index (χ3n) is 2.92. The number of nitrogens with one attached hydrogen (secondary N) is 2.